The van der Waals surface area contributed by atoms with Gasteiger partial charge in [-0.15, -0.1) is 11.3 Å². The monoisotopic (exact) mass is 417 g/mol. The first kappa shape index (κ1) is 19.5. The van der Waals surface area contributed by atoms with E-state index in [9.17, 15) is 9.59 Å². The Morgan fingerprint density at radius 2 is 1.93 bits per heavy atom. The normalized spacial score (nSPS) is 11.1. The molecule has 0 aliphatic rings. The summed E-state index contributed by atoms with van der Waals surface area (Å²) in [6, 6.07) is 15.1. The maximum atomic E-state index is 12.2. The number of hydrogen-bond acceptors (Lipinski definition) is 5. The Morgan fingerprint density at radius 1 is 1.13 bits per heavy atom. The molecule has 0 saturated heterocycles. The van der Waals surface area contributed by atoms with E-state index in [1.165, 1.54) is 24.3 Å². The molecule has 0 radical (unpaired) electrons. The highest BCUT2D eigenvalue weighted by Crippen LogP contribution is 2.28. The van der Waals surface area contributed by atoms with Crippen LogP contribution >= 0.6 is 11.3 Å². The fraction of sp³-hybridized carbons (Fsp3) is 0.0909. The molecule has 4 aromatic rings. The number of carbonyl (C=O) groups excluding carboxylic acids is 2. The van der Waals surface area contributed by atoms with Crippen molar-refractivity contribution in [2.75, 3.05) is 4.90 Å². The van der Waals surface area contributed by atoms with Gasteiger partial charge in [-0.2, -0.15) is 0 Å². The lowest BCUT2D eigenvalue weighted by atomic mass is 10.3. The third-order valence-corrected chi connectivity index (χ3v) is 5.14. The molecule has 3 aromatic heterocycles. The maximum Gasteiger partial charge on any atom is 0.244 e. The summed E-state index contributed by atoms with van der Waals surface area (Å²) in [6.07, 6.45) is 6.84. The topological polar surface area (TPSA) is 79.6 Å². The number of para-hydroxylation sites is 1. The quantitative estimate of drug-likeness (QED) is 0.484. The summed E-state index contributed by atoms with van der Waals surface area (Å²) in [5, 5.41) is 5.17. The number of benzene rings is 1. The van der Waals surface area contributed by atoms with Crippen LogP contribution in [0.3, 0.4) is 0 Å². The number of fused-ring (bicyclic) bond motifs is 1. The summed E-state index contributed by atoms with van der Waals surface area (Å²) < 4.78 is 1.90. The van der Waals surface area contributed by atoms with Crippen molar-refractivity contribution in [3.05, 3.63) is 83.8 Å². The lowest BCUT2D eigenvalue weighted by Gasteiger charge is -2.17. The van der Waals surface area contributed by atoms with Crippen molar-refractivity contribution in [3.8, 4) is 0 Å². The predicted octanol–water partition coefficient (Wildman–Crippen LogP) is 3.81. The minimum atomic E-state index is -0.243. The molecule has 2 amide bonds. The number of anilines is 2. The second-order valence-corrected chi connectivity index (χ2v) is 7.33. The number of hydrogen-bond donors (Lipinski definition) is 1. The average molecular weight is 417 g/mol. The van der Waals surface area contributed by atoms with Gasteiger partial charge in [-0.25, -0.2) is 9.97 Å². The zero-order valence-corrected chi connectivity index (χ0v) is 17.0. The Kier molecular flexibility index (Phi) is 5.67. The smallest absolute Gasteiger partial charge is 0.244 e. The average Bonchev–Trinajstić information content (AvgIpc) is 3.38. The Labute approximate surface area is 177 Å². The number of thiazole rings is 1. The standard InChI is InChI=1S/C22H19N5O2S/c1-16(28)27(19-7-3-2-4-8-19)22-25-17(15-30-22)10-11-21(29)23-13-18-14-26-12-6-5-9-20(26)24-18/h2-12,14-15H,13H2,1H3,(H,23,29)/b11-10+. The number of pyridine rings is 1. The first-order chi connectivity index (χ1) is 14.6. The molecular weight excluding hydrogens is 398 g/mol. The molecule has 30 heavy (non-hydrogen) atoms. The van der Waals surface area contributed by atoms with Gasteiger partial charge in [0.2, 0.25) is 11.8 Å². The minimum absolute atomic E-state index is 0.128. The van der Waals surface area contributed by atoms with E-state index in [1.54, 1.807) is 16.4 Å². The summed E-state index contributed by atoms with van der Waals surface area (Å²) in [7, 11) is 0. The van der Waals surface area contributed by atoms with Gasteiger partial charge in [0.15, 0.2) is 5.13 Å². The molecule has 7 nitrogen and oxygen atoms in total. The van der Waals surface area contributed by atoms with Gasteiger partial charge in [0, 0.05) is 30.8 Å². The summed E-state index contributed by atoms with van der Waals surface area (Å²) in [5.41, 5.74) is 2.97. The van der Waals surface area contributed by atoms with Crippen molar-refractivity contribution in [3.63, 3.8) is 0 Å². The molecule has 150 valence electrons. The molecule has 4 rings (SSSR count). The molecule has 0 atom stereocenters. The summed E-state index contributed by atoms with van der Waals surface area (Å²) in [5.74, 6) is -0.371. The van der Waals surface area contributed by atoms with Gasteiger partial charge in [0.1, 0.15) is 5.65 Å². The van der Waals surface area contributed by atoms with E-state index in [0.717, 1.165) is 17.0 Å². The van der Waals surface area contributed by atoms with E-state index >= 15 is 0 Å². The number of nitrogens with zero attached hydrogens (tertiary/aromatic N) is 4. The molecule has 1 N–H and O–H groups in total. The van der Waals surface area contributed by atoms with Gasteiger partial charge in [0.25, 0.3) is 0 Å². The van der Waals surface area contributed by atoms with Crippen LogP contribution in [0.15, 0.2) is 72.4 Å². The molecule has 0 aliphatic heterocycles. The third-order valence-electron chi connectivity index (χ3n) is 4.29. The number of amides is 2. The molecule has 0 aliphatic carbocycles. The molecular formula is C22H19N5O2S. The molecule has 0 unspecified atom stereocenters. The highest BCUT2D eigenvalue weighted by atomic mass is 32.1. The van der Waals surface area contributed by atoms with Crippen LogP contribution in [0.25, 0.3) is 11.7 Å². The van der Waals surface area contributed by atoms with Gasteiger partial charge in [-0.3, -0.25) is 14.5 Å². The molecule has 0 bridgehead atoms. The van der Waals surface area contributed by atoms with Gasteiger partial charge in [0.05, 0.1) is 23.6 Å². The van der Waals surface area contributed by atoms with Crippen molar-refractivity contribution in [1.29, 1.82) is 0 Å². The Balaban J connectivity index is 1.40. The van der Waals surface area contributed by atoms with Crippen LogP contribution in [-0.4, -0.2) is 26.2 Å². The van der Waals surface area contributed by atoms with Gasteiger partial charge >= 0.3 is 0 Å². The van der Waals surface area contributed by atoms with Gasteiger partial charge in [-0.1, -0.05) is 24.3 Å². The fourth-order valence-electron chi connectivity index (χ4n) is 2.93. The molecule has 0 fully saturated rings. The maximum absolute atomic E-state index is 12.2. The lowest BCUT2D eigenvalue weighted by Crippen LogP contribution is -2.22. The van der Waals surface area contributed by atoms with E-state index in [2.05, 4.69) is 15.3 Å². The molecule has 0 saturated carbocycles. The molecule has 8 heteroatoms. The van der Waals surface area contributed by atoms with E-state index in [4.69, 9.17) is 0 Å². The SMILES string of the molecule is CC(=O)N(c1ccccc1)c1nc(/C=C/C(=O)NCc2cn3ccccc3n2)cs1. The van der Waals surface area contributed by atoms with Crippen LogP contribution in [0, 0.1) is 0 Å². The van der Waals surface area contributed by atoms with Crippen LogP contribution < -0.4 is 10.2 Å². The Morgan fingerprint density at radius 3 is 2.70 bits per heavy atom. The second kappa shape index (κ2) is 8.71. The van der Waals surface area contributed by atoms with Crippen LogP contribution in [0.5, 0.6) is 0 Å². The minimum Gasteiger partial charge on any atom is -0.347 e. The summed E-state index contributed by atoms with van der Waals surface area (Å²) >= 11 is 1.34. The van der Waals surface area contributed by atoms with Crippen LogP contribution in [-0.2, 0) is 16.1 Å². The number of nitrogens with one attached hydrogen (secondary N) is 1. The Bertz CT molecular complexity index is 1180. The predicted molar refractivity (Wildman–Crippen MR) is 117 cm³/mol. The first-order valence-corrected chi connectivity index (χ1v) is 10.2. The lowest BCUT2D eigenvalue weighted by molar-refractivity contribution is -0.117. The van der Waals surface area contributed by atoms with E-state index in [0.29, 0.717) is 17.4 Å². The first-order valence-electron chi connectivity index (χ1n) is 9.30. The van der Waals surface area contributed by atoms with Crippen LogP contribution in [0.2, 0.25) is 0 Å². The van der Waals surface area contributed by atoms with Crippen LogP contribution in [0.4, 0.5) is 10.8 Å². The second-order valence-electron chi connectivity index (χ2n) is 6.49. The van der Waals surface area contributed by atoms with Gasteiger partial charge < -0.3 is 9.72 Å². The molecule has 1 aromatic carbocycles. The number of rotatable bonds is 6. The fourth-order valence-corrected chi connectivity index (χ4v) is 3.78. The number of carbonyl (C=O) groups is 2. The largest absolute Gasteiger partial charge is 0.347 e. The van der Waals surface area contributed by atoms with Crippen molar-refractivity contribution >= 4 is 45.7 Å². The van der Waals surface area contributed by atoms with Crippen molar-refractivity contribution < 1.29 is 9.59 Å². The van der Waals surface area contributed by atoms with Gasteiger partial charge in [-0.05, 0) is 30.3 Å². The third kappa shape index (κ3) is 4.44. The zero-order chi connectivity index (χ0) is 20.9. The number of aromatic nitrogens is 3. The highest BCUT2D eigenvalue weighted by molar-refractivity contribution is 7.14. The molecule has 0 spiro atoms. The number of imidazole rings is 1. The van der Waals surface area contributed by atoms with Crippen LogP contribution in [0.1, 0.15) is 18.3 Å². The molecule has 3 heterocycles. The van der Waals surface area contributed by atoms with Crippen molar-refractivity contribution in [2.24, 2.45) is 0 Å². The van der Waals surface area contributed by atoms with Crippen molar-refractivity contribution in [1.82, 2.24) is 19.7 Å². The van der Waals surface area contributed by atoms with E-state index < -0.39 is 0 Å². The van der Waals surface area contributed by atoms with Crippen molar-refractivity contribution in [2.45, 2.75) is 13.5 Å². The highest BCUT2D eigenvalue weighted by Gasteiger charge is 2.17. The Hall–Kier alpha value is -3.78. The zero-order valence-electron chi connectivity index (χ0n) is 16.2. The summed E-state index contributed by atoms with van der Waals surface area (Å²) in [6.45, 7) is 1.83. The summed E-state index contributed by atoms with van der Waals surface area (Å²) in [4.78, 5) is 34.7. The van der Waals surface area contributed by atoms with E-state index in [-0.39, 0.29) is 11.8 Å². The van der Waals surface area contributed by atoms with E-state index in [1.807, 2.05) is 65.3 Å².